The van der Waals surface area contributed by atoms with E-state index in [1.54, 1.807) is 0 Å². The fraction of sp³-hybridized carbons (Fsp3) is 0.464. The lowest BCUT2D eigenvalue weighted by molar-refractivity contribution is -0.133. The number of aromatic nitrogens is 2. The van der Waals surface area contributed by atoms with Gasteiger partial charge in [0.25, 0.3) is 0 Å². The highest BCUT2D eigenvalue weighted by Crippen LogP contribution is 2.28. The molecule has 1 amide bonds. The van der Waals surface area contributed by atoms with Crippen molar-refractivity contribution in [2.75, 3.05) is 56.1 Å². The zero-order valence-electron chi connectivity index (χ0n) is 21.1. The van der Waals surface area contributed by atoms with Crippen LogP contribution in [0.15, 0.2) is 65.3 Å². The summed E-state index contributed by atoms with van der Waals surface area (Å²) in [7, 11) is 2.06. The molecule has 3 aromatic rings. The molecule has 190 valence electrons. The predicted octanol–water partition coefficient (Wildman–Crippen LogP) is 3.21. The first kappa shape index (κ1) is 24.3. The van der Waals surface area contributed by atoms with Crippen molar-refractivity contribution in [3.05, 3.63) is 72.2 Å². The summed E-state index contributed by atoms with van der Waals surface area (Å²) in [5, 5.41) is 7.88. The van der Waals surface area contributed by atoms with Gasteiger partial charge in [0.05, 0.1) is 12.2 Å². The third-order valence-corrected chi connectivity index (χ3v) is 7.48. The molecule has 2 aliphatic rings. The monoisotopic (exact) mass is 488 g/mol. The van der Waals surface area contributed by atoms with Crippen LogP contribution < -0.4 is 15.1 Å². The van der Waals surface area contributed by atoms with Gasteiger partial charge in [0.15, 0.2) is 5.76 Å². The number of hydrogen-bond donors (Lipinski definition) is 1. The lowest BCUT2D eigenvalue weighted by Crippen LogP contribution is -2.50. The Morgan fingerprint density at radius 3 is 2.67 bits per heavy atom. The number of carbonyl (C=O) groups excluding carboxylic acids is 1. The lowest BCUT2D eigenvalue weighted by Gasteiger charge is -2.37. The third kappa shape index (κ3) is 6.05. The van der Waals surface area contributed by atoms with Gasteiger partial charge in [0, 0.05) is 57.6 Å². The number of pyridine rings is 1. The summed E-state index contributed by atoms with van der Waals surface area (Å²) in [5.74, 6) is 2.86. The molecule has 0 radical (unpaired) electrons. The van der Waals surface area contributed by atoms with Crippen LogP contribution >= 0.6 is 0 Å². The van der Waals surface area contributed by atoms with Crippen LogP contribution in [-0.4, -0.2) is 67.3 Å². The van der Waals surface area contributed by atoms with Crippen LogP contribution in [0.25, 0.3) is 0 Å². The summed E-state index contributed by atoms with van der Waals surface area (Å²) in [6.45, 7) is 5.73. The van der Waals surface area contributed by atoms with E-state index < -0.39 is 0 Å². The smallest absolute Gasteiger partial charge is 0.222 e. The predicted molar refractivity (Wildman–Crippen MR) is 141 cm³/mol. The molecular weight excluding hydrogens is 452 g/mol. The molecule has 5 rings (SSSR count). The minimum Gasteiger partial charge on any atom is -0.367 e. The van der Waals surface area contributed by atoms with E-state index in [2.05, 4.69) is 50.5 Å². The van der Waals surface area contributed by atoms with Crippen molar-refractivity contribution in [2.45, 2.75) is 25.8 Å². The summed E-state index contributed by atoms with van der Waals surface area (Å²) in [4.78, 5) is 24.1. The van der Waals surface area contributed by atoms with Gasteiger partial charge in [0.1, 0.15) is 5.82 Å². The number of carbonyl (C=O) groups is 1. The van der Waals surface area contributed by atoms with E-state index in [1.807, 2.05) is 47.5 Å². The summed E-state index contributed by atoms with van der Waals surface area (Å²) >= 11 is 0. The first-order valence-electron chi connectivity index (χ1n) is 13.0. The normalized spacial score (nSPS) is 20.4. The Kier molecular flexibility index (Phi) is 7.81. The first-order valence-corrected chi connectivity index (χ1v) is 13.0. The number of hydrogen-bond acceptors (Lipinski definition) is 7. The summed E-state index contributed by atoms with van der Waals surface area (Å²) in [5.41, 5.74) is 2.12. The van der Waals surface area contributed by atoms with Gasteiger partial charge in [-0.15, -0.1) is 0 Å². The first-order chi connectivity index (χ1) is 17.7. The minimum absolute atomic E-state index is 0.276. The number of piperidine rings is 1. The highest BCUT2D eigenvalue weighted by atomic mass is 16.5. The molecule has 2 aliphatic heterocycles. The molecule has 0 bridgehead atoms. The Bertz CT molecular complexity index is 1100. The largest absolute Gasteiger partial charge is 0.367 e. The van der Waals surface area contributed by atoms with Crippen molar-refractivity contribution < 1.29 is 9.32 Å². The molecule has 1 N–H and O–H groups in total. The van der Waals surface area contributed by atoms with Gasteiger partial charge in [-0.2, -0.15) is 0 Å². The number of nitrogens with one attached hydrogen (secondary N) is 1. The number of amides is 1. The minimum atomic E-state index is 0.276. The Hall–Kier alpha value is -3.39. The Morgan fingerprint density at radius 2 is 1.89 bits per heavy atom. The van der Waals surface area contributed by atoms with Gasteiger partial charge in [-0.25, -0.2) is 4.98 Å². The van der Waals surface area contributed by atoms with Gasteiger partial charge < -0.3 is 24.5 Å². The zero-order valence-corrected chi connectivity index (χ0v) is 21.1. The molecule has 0 saturated carbocycles. The van der Waals surface area contributed by atoms with Crippen molar-refractivity contribution >= 4 is 17.4 Å². The second-order valence-corrected chi connectivity index (χ2v) is 9.95. The van der Waals surface area contributed by atoms with Gasteiger partial charge in [-0.3, -0.25) is 4.79 Å². The van der Waals surface area contributed by atoms with E-state index in [-0.39, 0.29) is 5.91 Å². The number of nitrogens with zero attached hydrogens (tertiary/aromatic N) is 5. The standard InChI is InChI=1S/C28H36N6O2/c1-32(25-7-3-2-4-8-25)21-26-19-24(31-36-26)17-23-20-29-12-10-22(23)18-28(35)34-15-13-33(14-16-34)27-9-5-6-11-30-27/h2-9,11,19,22-23,29H,10,12-18,20-21H2,1H3. The van der Waals surface area contributed by atoms with E-state index in [9.17, 15) is 4.79 Å². The molecule has 2 fully saturated rings. The maximum atomic E-state index is 13.2. The summed E-state index contributed by atoms with van der Waals surface area (Å²) < 4.78 is 5.66. The van der Waals surface area contributed by atoms with Crippen molar-refractivity contribution in [3.63, 3.8) is 0 Å². The molecule has 0 aliphatic carbocycles. The number of anilines is 2. The van der Waals surface area contributed by atoms with E-state index in [1.165, 1.54) is 0 Å². The van der Waals surface area contributed by atoms with Crippen LogP contribution in [0.3, 0.4) is 0 Å². The van der Waals surface area contributed by atoms with Crippen LogP contribution in [0.2, 0.25) is 0 Å². The highest BCUT2D eigenvalue weighted by Gasteiger charge is 2.31. The number of benzene rings is 1. The molecule has 8 nitrogen and oxygen atoms in total. The van der Waals surface area contributed by atoms with Gasteiger partial charge in [0.2, 0.25) is 5.91 Å². The average Bonchev–Trinajstić information content (AvgIpc) is 3.37. The van der Waals surface area contributed by atoms with Gasteiger partial charge in [-0.1, -0.05) is 29.4 Å². The number of rotatable bonds is 8. The fourth-order valence-electron chi connectivity index (χ4n) is 5.37. The van der Waals surface area contributed by atoms with Crippen LogP contribution in [0.1, 0.15) is 24.3 Å². The van der Waals surface area contributed by atoms with E-state index in [4.69, 9.17) is 4.52 Å². The second kappa shape index (κ2) is 11.6. The topological polar surface area (TPSA) is 77.7 Å². The Morgan fingerprint density at radius 1 is 1.08 bits per heavy atom. The molecule has 8 heteroatoms. The van der Waals surface area contributed by atoms with Crippen LogP contribution in [0, 0.1) is 11.8 Å². The molecule has 2 atom stereocenters. The van der Waals surface area contributed by atoms with Crippen LogP contribution in [0.4, 0.5) is 11.5 Å². The van der Waals surface area contributed by atoms with Crippen LogP contribution in [0.5, 0.6) is 0 Å². The molecular formula is C28H36N6O2. The van der Waals surface area contributed by atoms with E-state index in [0.29, 0.717) is 24.8 Å². The molecule has 4 heterocycles. The number of piperazine rings is 1. The highest BCUT2D eigenvalue weighted by molar-refractivity contribution is 5.76. The van der Waals surface area contributed by atoms with Crippen molar-refractivity contribution in [1.29, 1.82) is 0 Å². The van der Waals surface area contributed by atoms with E-state index >= 15 is 0 Å². The fourth-order valence-corrected chi connectivity index (χ4v) is 5.37. The molecule has 2 saturated heterocycles. The maximum absolute atomic E-state index is 13.2. The SMILES string of the molecule is CN(Cc1cc(CC2CNCCC2CC(=O)N2CCN(c3ccccn3)CC2)no1)c1ccccc1. The third-order valence-electron chi connectivity index (χ3n) is 7.48. The van der Waals surface area contributed by atoms with Crippen molar-refractivity contribution in [1.82, 2.24) is 20.4 Å². The molecule has 2 unspecified atom stereocenters. The Labute approximate surface area is 213 Å². The molecule has 2 aromatic heterocycles. The maximum Gasteiger partial charge on any atom is 0.222 e. The van der Waals surface area contributed by atoms with E-state index in [0.717, 1.165) is 75.1 Å². The molecule has 1 aromatic carbocycles. The molecule has 0 spiro atoms. The summed E-state index contributed by atoms with van der Waals surface area (Å²) in [6.07, 6.45) is 4.28. The second-order valence-electron chi connectivity index (χ2n) is 9.95. The van der Waals surface area contributed by atoms with Crippen molar-refractivity contribution in [2.24, 2.45) is 11.8 Å². The summed E-state index contributed by atoms with van der Waals surface area (Å²) in [6, 6.07) is 18.3. The quantitative estimate of drug-likeness (QED) is 0.522. The lowest BCUT2D eigenvalue weighted by atomic mass is 9.81. The Balaban J connectivity index is 1.13. The van der Waals surface area contributed by atoms with Gasteiger partial charge in [-0.05, 0) is 62.0 Å². The molecule has 36 heavy (non-hydrogen) atoms. The average molecular weight is 489 g/mol. The zero-order chi connectivity index (χ0) is 24.7. The number of para-hydroxylation sites is 1. The van der Waals surface area contributed by atoms with Crippen LogP contribution in [-0.2, 0) is 17.8 Å². The van der Waals surface area contributed by atoms with Crippen molar-refractivity contribution in [3.8, 4) is 0 Å². The van der Waals surface area contributed by atoms with Gasteiger partial charge >= 0.3 is 0 Å².